The van der Waals surface area contributed by atoms with Gasteiger partial charge in [0, 0.05) is 10.7 Å². The maximum Gasteiger partial charge on any atom is 0.158 e. The van der Waals surface area contributed by atoms with Crippen LogP contribution in [0.3, 0.4) is 0 Å². The largest absolute Gasteiger partial charge is 0.235 e. The van der Waals surface area contributed by atoms with Crippen LogP contribution in [0.2, 0.25) is 0 Å². The Morgan fingerprint density at radius 2 is 2.18 bits per heavy atom. The van der Waals surface area contributed by atoms with Crippen LogP contribution in [0.4, 0.5) is 5.82 Å². The van der Waals surface area contributed by atoms with Crippen molar-refractivity contribution in [3.8, 4) is 0 Å². The van der Waals surface area contributed by atoms with Crippen LogP contribution < -0.4 is 0 Å². The fraction of sp³-hybridized carbons (Fsp3) is 0.286. The third kappa shape index (κ3) is 3.12. The molecule has 60 valence electrons. The number of rotatable bonds is 1. The summed E-state index contributed by atoms with van der Waals surface area (Å²) in [7, 11) is 0.0740. The zero-order valence-corrected chi connectivity index (χ0v) is 8.82. The number of pyridine rings is 1. The van der Waals surface area contributed by atoms with Crippen LogP contribution >= 0.6 is 15.9 Å². The molecule has 0 amide bonds. The molecule has 4 heteroatoms. The SMILES string of the molecule is CS(C)=Nc1ccc(Br)cn1. The van der Waals surface area contributed by atoms with E-state index in [2.05, 4.69) is 37.8 Å². The molecule has 0 atom stereocenters. The van der Waals surface area contributed by atoms with Gasteiger partial charge in [0.1, 0.15) is 0 Å². The highest BCUT2D eigenvalue weighted by molar-refractivity contribution is 9.10. The molecule has 0 N–H and O–H groups in total. The first-order valence-electron chi connectivity index (χ1n) is 3.09. The zero-order valence-electron chi connectivity index (χ0n) is 6.41. The highest BCUT2D eigenvalue weighted by Gasteiger charge is 1.89. The van der Waals surface area contributed by atoms with Crippen molar-refractivity contribution in [2.45, 2.75) is 0 Å². The summed E-state index contributed by atoms with van der Waals surface area (Å²) in [5.41, 5.74) is 0. The maximum atomic E-state index is 4.30. The van der Waals surface area contributed by atoms with Gasteiger partial charge in [-0.1, -0.05) is 10.7 Å². The Morgan fingerprint density at radius 1 is 1.45 bits per heavy atom. The number of nitrogens with zero attached hydrogens (tertiary/aromatic N) is 2. The molecule has 1 aromatic rings. The summed E-state index contributed by atoms with van der Waals surface area (Å²) in [4.78, 5) is 4.11. The molecule has 0 saturated heterocycles. The van der Waals surface area contributed by atoms with Crippen LogP contribution in [0.1, 0.15) is 0 Å². The molecule has 0 saturated carbocycles. The van der Waals surface area contributed by atoms with Gasteiger partial charge in [0.05, 0.1) is 0 Å². The third-order valence-corrected chi connectivity index (χ3v) is 2.01. The molecule has 0 unspecified atom stereocenters. The number of halogens is 1. The molecular formula is C7H9BrN2S. The van der Waals surface area contributed by atoms with Crippen molar-refractivity contribution in [2.75, 3.05) is 12.5 Å². The standard InChI is InChI=1S/C7H9BrN2S/c1-11(2)10-7-4-3-6(8)5-9-7/h3-5H,1-2H3. The van der Waals surface area contributed by atoms with Gasteiger partial charge in [-0.3, -0.25) is 0 Å². The van der Waals surface area contributed by atoms with E-state index in [4.69, 9.17) is 0 Å². The second-order valence-corrected chi connectivity index (χ2v) is 4.84. The molecule has 1 aromatic heterocycles. The second-order valence-electron chi connectivity index (χ2n) is 2.20. The predicted octanol–water partition coefficient (Wildman–Crippen LogP) is 2.54. The van der Waals surface area contributed by atoms with E-state index in [1.54, 1.807) is 6.20 Å². The van der Waals surface area contributed by atoms with Gasteiger partial charge in [0.25, 0.3) is 0 Å². The molecular weight excluding hydrogens is 224 g/mol. The maximum absolute atomic E-state index is 4.30. The predicted molar refractivity (Wildman–Crippen MR) is 53.2 cm³/mol. The Labute approximate surface area is 77.3 Å². The number of hydrogen-bond donors (Lipinski definition) is 0. The summed E-state index contributed by atoms with van der Waals surface area (Å²) < 4.78 is 5.29. The van der Waals surface area contributed by atoms with Crippen molar-refractivity contribution >= 4 is 32.4 Å². The number of hydrogen-bond acceptors (Lipinski definition) is 2. The zero-order chi connectivity index (χ0) is 8.27. The van der Waals surface area contributed by atoms with Gasteiger partial charge >= 0.3 is 0 Å². The Morgan fingerprint density at radius 3 is 2.64 bits per heavy atom. The smallest absolute Gasteiger partial charge is 0.158 e. The molecule has 2 nitrogen and oxygen atoms in total. The Bertz CT molecular complexity index is 264. The van der Waals surface area contributed by atoms with Crippen molar-refractivity contribution in [1.82, 2.24) is 4.98 Å². The fourth-order valence-corrected chi connectivity index (χ4v) is 1.33. The minimum absolute atomic E-state index is 0.0740. The lowest BCUT2D eigenvalue weighted by atomic mass is 10.5. The lowest BCUT2D eigenvalue weighted by molar-refractivity contribution is 1.27. The highest BCUT2D eigenvalue weighted by Crippen LogP contribution is 2.13. The third-order valence-electron chi connectivity index (χ3n) is 0.988. The summed E-state index contributed by atoms with van der Waals surface area (Å²) in [5.74, 6) is 0.807. The van der Waals surface area contributed by atoms with Gasteiger partial charge in [-0.05, 0) is 40.6 Å². The Hall–Kier alpha value is -0.220. The van der Waals surface area contributed by atoms with Crippen molar-refractivity contribution in [3.63, 3.8) is 0 Å². The fourth-order valence-electron chi connectivity index (χ4n) is 0.609. The van der Waals surface area contributed by atoms with Crippen molar-refractivity contribution in [3.05, 3.63) is 22.8 Å². The topological polar surface area (TPSA) is 25.2 Å². The van der Waals surface area contributed by atoms with E-state index in [0.717, 1.165) is 10.3 Å². The molecule has 0 bridgehead atoms. The van der Waals surface area contributed by atoms with Gasteiger partial charge in [-0.15, -0.1) is 0 Å². The average Bonchev–Trinajstić information content (AvgIpc) is 1.93. The lowest BCUT2D eigenvalue weighted by Gasteiger charge is -1.93. The van der Waals surface area contributed by atoms with Gasteiger partial charge in [-0.25, -0.2) is 9.35 Å². The van der Waals surface area contributed by atoms with E-state index < -0.39 is 0 Å². The minimum Gasteiger partial charge on any atom is -0.235 e. The van der Waals surface area contributed by atoms with Crippen LogP contribution in [0, 0.1) is 0 Å². The van der Waals surface area contributed by atoms with Crippen molar-refractivity contribution < 1.29 is 0 Å². The Kier molecular flexibility index (Phi) is 3.20. The first-order valence-corrected chi connectivity index (χ1v) is 5.88. The van der Waals surface area contributed by atoms with Crippen LogP contribution in [0.5, 0.6) is 0 Å². The molecule has 0 aromatic carbocycles. The first-order chi connectivity index (χ1) is 5.18. The molecule has 1 rings (SSSR count). The molecule has 1 heterocycles. The summed E-state index contributed by atoms with van der Waals surface area (Å²) in [6, 6.07) is 3.84. The van der Waals surface area contributed by atoms with Crippen LogP contribution in [0.15, 0.2) is 27.2 Å². The van der Waals surface area contributed by atoms with E-state index in [9.17, 15) is 0 Å². The molecule has 0 aliphatic heterocycles. The molecule has 0 spiro atoms. The monoisotopic (exact) mass is 232 g/mol. The Balaban J connectivity index is 2.91. The quantitative estimate of drug-likeness (QED) is 0.731. The van der Waals surface area contributed by atoms with Gasteiger partial charge in [-0.2, -0.15) is 0 Å². The van der Waals surface area contributed by atoms with Gasteiger partial charge in [0.2, 0.25) is 0 Å². The molecule has 0 fully saturated rings. The summed E-state index contributed by atoms with van der Waals surface area (Å²) >= 11 is 3.31. The van der Waals surface area contributed by atoms with E-state index in [0.29, 0.717) is 0 Å². The lowest BCUT2D eigenvalue weighted by Crippen LogP contribution is -1.78. The van der Waals surface area contributed by atoms with Gasteiger partial charge in [0.15, 0.2) is 5.82 Å². The summed E-state index contributed by atoms with van der Waals surface area (Å²) in [6.07, 6.45) is 5.87. The van der Waals surface area contributed by atoms with E-state index in [-0.39, 0.29) is 10.7 Å². The highest BCUT2D eigenvalue weighted by atomic mass is 79.9. The molecule has 0 radical (unpaired) electrons. The van der Waals surface area contributed by atoms with E-state index >= 15 is 0 Å². The first kappa shape index (κ1) is 8.87. The van der Waals surface area contributed by atoms with Crippen molar-refractivity contribution in [1.29, 1.82) is 0 Å². The summed E-state index contributed by atoms with van der Waals surface area (Å²) in [5, 5.41) is 0. The van der Waals surface area contributed by atoms with Crippen LogP contribution in [-0.4, -0.2) is 17.5 Å². The molecule has 11 heavy (non-hydrogen) atoms. The summed E-state index contributed by atoms with van der Waals surface area (Å²) in [6.45, 7) is 0. The van der Waals surface area contributed by atoms with E-state index in [1.165, 1.54) is 0 Å². The van der Waals surface area contributed by atoms with E-state index in [1.807, 2.05) is 12.1 Å². The normalized spacial score (nSPS) is 10.2. The van der Waals surface area contributed by atoms with Crippen molar-refractivity contribution in [2.24, 2.45) is 4.36 Å². The van der Waals surface area contributed by atoms with Gasteiger partial charge < -0.3 is 0 Å². The average molecular weight is 233 g/mol. The second kappa shape index (κ2) is 3.97. The minimum atomic E-state index is 0.0740. The molecule has 0 aliphatic rings. The van der Waals surface area contributed by atoms with Crippen LogP contribution in [-0.2, 0) is 10.7 Å². The number of aromatic nitrogens is 1. The molecule has 0 aliphatic carbocycles. The van der Waals surface area contributed by atoms with Crippen LogP contribution in [0.25, 0.3) is 0 Å².